The van der Waals surface area contributed by atoms with Gasteiger partial charge in [-0.1, -0.05) is 0 Å². The summed E-state index contributed by atoms with van der Waals surface area (Å²) in [5, 5.41) is 3.26. The molecule has 5 heteroatoms. The molecular weight excluding hydrogens is 240 g/mol. The van der Waals surface area contributed by atoms with Crippen molar-refractivity contribution in [3.05, 3.63) is 23.9 Å². The summed E-state index contributed by atoms with van der Waals surface area (Å²) in [6, 6.07) is 4.05. The van der Waals surface area contributed by atoms with E-state index in [1.54, 1.807) is 12.3 Å². The molecule has 1 atom stereocenters. The number of piperidine rings is 1. The van der Waals surface area contributed by atoms with Crippen molar-refractivity contribution in [1.29, 1.82) is 0 Å². The number of carbonyl (C=O) groups is 1. The summed E-state index contributed by atoms with van der Waals surface area (Å²) >= 11 is 0. The van der Waals surface area contributed by atoms with Crippen LogP contribution < -0.4 is 10.2 Å². The van der Waals surface area contributed by atoms with Gasteiger partial charge in [-0.05, 0) is 32.0 Å². The van der Waals surface area contributed by atoms with Crippen molar-refractivity contribution >= 4 is 11.7 Å². The number of likely N-dealkylation sites (N-methyl/N-ethyl adjacent to an activating group) is 1. The summed E-state index contributed by atoms with van der Waals surface area (Å²) < 4.78 is 0. The molecule has 2 heterocycles. The van der Waals surface area contributed by atoms with Gasteiger partial charge < -0.3 is 15.1 Å². The average molecular weight is 262 g/mol. The smallest absolute Gasteiger partial charge is 0.254 e. The monoisotopic (exact) mass is 262 g/mol. The largest absolute Gasteiger partial charge is 0.363 e. The first-order valence-electron chi connectivity index (χ1n) is 6.71. The third-order valence-electron chi connectivity index (χ3n) is 3.57. The van der Waals surface area contributed by atoms with Gasteiger partial charge >= 0.3 is 0 Å². The summed E-state index contributed by atoms with van der Waals surface area (Å²) in [6.07, 6.45) is 3.89. The van der Waals surface area contributed by atoms with Gasteiger partial charge in [0, 0.05) is 45.0 Å². The quantitative estimate of drug-likeness (QED) is 0.882. The maximum absolute atomic E-state index is 12.5. The number of hydrogen-bond donors (Lipinski definition) is 1. The maximum atomic E-state index is 12.5. The molecule has 1 unspecified atom stereocenters. The van der Waals surface area contributed by atoms with Crippen LogP contribution >= 0.6 is 0 Å². The topological polar surface area (TPSA) is 48.5 Å². The number of pyridine rings is 1. The summed E-state index contributed by atoms with van der Waals surface area (Å²) in [5.41, 5.74) is 0.718. The molecule has 5 nitrogen and oxygen atoms in total. The average Bonchev–Trinajstić information content (AvgIpc) is 2.46. The second kappa shape index (κ2) is 6.02. The Bertz CT molecular complexity index is 447. The number of carbonyl (C=O) groups excluding carboxylic acids is 1. The first-order chi connectivity index (χ1) is 9.11. The number of likely N-dealkylation sites (tertiary alicyclic amines) is 1. The molecular formula is C14H22N4O. The van der Waals surface area contributed by atoms with Crippen LogP contribution in [0.1, 0.15) is 23.2 Å². The predicted molar refractivity (Wildman–Crippen MR) is 76.5 cm³/mol. The number of anilines is 1. The predicted octanol–water partition coefficient (Wildman–Crippen LogP) is 0.972. The zero-order chi connectivity index (χ0) is 13.8. The SMILES string of the molecule is CNC1CCCN(C(=O)c2ccnc(N(C)C)c2)C1. The minimum atomic E-state index is 0.102. The fraction of sp³-hybridized carbons (Fsp3) is 0.571. The molecule has 1 saturated heterocycles. The Morgan fingerprint density at radius 3 is 3.00 bits per heavy atom. The molecule has 1 aromatic heterocycles. The Balaban J connectivity index is 2.12. The molecule has 0 spiro atoms. The molecule has 1 aliphatic rings. The van der Waals surface area contributed by atoms with E-state index in [1.807, 2.05) is 37.0 Å². The Kier molecular flexibility index (Phi) is 4.37. The fourth-order valence-corrected chi connectivity index (χ4v) is 2.38. The van der Waals surface area contributed by atoms with Gasteiger partial charge in [0.15, 0.2) is 0 Å². The molecule has 0 radical (unpaired) electrons. The summed E-state index contributed by atoms with van der Waals surface area (Å²) in [6.45, 7) is 1.63. The molecule has 104 valence electrons. The molecule has 2 rings (SSSR count). The zero-order valence-corrected chi connectivity index (χ0v) is 11.9. The van der Waals surface area contributed by atoms with E-state index in [2.05, 4.69) is 10.3 Å². The number of nitrogens with zero attached hydrogens (tertiary/aromatic N) is 3. The molecule has 0 bridgehead atoms. The summed E-state index contributed by atoms with van der Waals surface area (Å²) in [7, 11) is 5.80. The first-order valence-corrected chi connectivity index (χ1v) is 6.71. The lowest BCUT2D eigenvalue weighted by atomic mass is 10.0. The van der Waals surface area contributed by atoms with E-state index in [9.17, 15) is 4.79 Å². The van der Waals surface area contributed by atoms with Crippen molar-refractivity contribution < 1.29 is 4.79 Å². The van der Waals surface area contributed by atoms with Crippen LogP contribution in [0.3, 0.4) is 0 Å². The van der Waals surface area contributed by atoms with Gasteiger partial charge in [-0.25, -0.2) is 4.98 Å². The van der Waals surface area contributed by atoms with Crippen LogP contribution in [0.25, 0.3) is 0 Å². The van der Waals surface area contributed by atoms with Crippen LogP contribution in [-0.2, 0) is 0 Å². The van der Waals surface area contributed by atoms with Crippen LogP contribution in [0, 0.1) is 0 Å². The third-order valence-corrected chi connectivity index (χ3v) is 3.57. The van der Waals surface area contributed by atoms with Gasteiger partial charge in [-0.3, -0.25) is 4.79 Å². The lowest BCUT2D eigenvalue weighted by Crippen LogP contribution is -2.47. The lowest BCUT2D eigenvalue weighted by Gasteiger charge is -2.32. The van der Waals surface area contributed by atoms with Crippen LogP contribution in [0.4, 0.5) is 5.82 Å². The molecule has 0 aliphatic carbocycles. The summed E-state index contributed by atoms with van der Waals surface area (Å²) in [4.78, 5) is 20.6. The number of nitrogens with one attached hydrogen (secondary N) is 1. The van der Waals surface area contributed by atoms with Crippen molar-refractivity contribution in [3.8, 4) is 0 Å². The number of amides is 1. The molecule has 1 fully saturated rings. The molecule has 1 aromatic rings. The van der Waals surface area contributed by atoms with E-state index in [-0.39, 0.29) is 5.91 Å². The third kappa shape index (κ3) is 3.23. The van der Waals surface area contributed by atoms with Crippen LogP contribution in [0.5, 0.6) is 0 Å². The zero-order valence-electron chi connectivity index (χ0n) is 11.9. The Morgan fingerprint density at radius 2 is 2.32 bits per heavy atom. The van der Waals surface area contributed by atoms with E-state index in [4.69, 9.17) is 0 Å². The van der Waals surface area contributed by atoms with Gasteiger partial charge in [-0.15, -0.1) is 0 Å². The van der Waals surface area contributed by atoms with E-state index in [0.717, 1.165) is 37.3 Å². The van der Waals surface area contributed by atoms with Crippen molar-refractivity contribution in [2.75, 3.05) is 39.1 Å². The molecule has 19 heavy (non-hydrogen) atoms. The van der Waals surface area contributed by atoms with Crippen LogP contribution in [-0.4, -0.2) is 56.1 Å². The van der Waals surface area contributed by atoms with Gasteiger partial charge in [0.2, 0.25) is 0 Å². The van der Waals surface area contributed by atoms with Gasteiger partial charge in [-0.2, -0.15) is 0 Å². The minimum absolute atomic E-state index is 0.102. The lowest BCUT2D eigenvalue weighted by molar-refractivity contribution is 0.0698. The highest BCUT2D eigenvalue weighted by Crippen LogP contribution is 2.16. The second-order valence-corrected chi connectivity index (χ2v) is 5.18. The normalized spacial score (nSPS) is 19.3. The molecule has 0 saturated carbocycles. The summed E-state index contributed by atoms with van der Waals surface area (Å²) in [5.74, 6) is 0.915. The van der Waals surface area contributed by atoms with Crippen LogP contribution in [0.15, 0.2) is 18.3 Å². The number of aromatic nitrogens is 1. The van der Waals surface area contributed by atoms with Crippen molar-refractivity contribution in [3.63, 3.8) is 0 Å². The van der Waals surface area contributed by atoms with Crippen LogP contribution in [0.2, 0.25) is 0 Å². The van der Waals surface area contributed by atoms with Gasteiger partial charge in [0.25, 0.3) is 5.91 Å². The molecule has 1 aliphatic heterocycles. The highest BCUT2D eigenvalue weighted by atomic mass is 16.2. The maximum Gasteiger partial charge on any atom is 0.254 e. The second-order valence-electron chi connectivity index (χ2n) is 5.18. The molecule has 1 amide bonds. The van der Waals surface area contributed by atoms with Gasteiger partial charge in [0.1, 0.15) is 5.82 Å². The highest BCUT2D eigenvalue weighted by Gasteiger charge is 2.23. The van der Waals surface area contributed by atoms with Crippen molar-refractivity contribution in [2.45, 2.75) is 18.9 Å². The van der Waals surface area contributed by atoms with Gasteiger partial charge in [0.05, 0.1) is 0 Å². The van der Waals surface area contributed by atoms with E-state index in [0.29, 0.717) is 6.04 Å². The number of hydrogen-bond acceptors (Lipinski definition) is 4. The van der Waals surface area contributed by atoms with Crippen molar-refractivity contribution in [1.82, 2.24) is 15.2 Å². The molecule has 1 N–H and O–H groups in total. The van der Waals surface area contributed by atoms with E-state index < -0.39 is 0 Å². The standard InChI is InChI=1S/C14H22N4O/c1-15-12-5-4-8-18(10-12)14(19)11-6-7-16-13(9-11)17(2)3/h6-7,9,12,15H,4-5,8,10H2,1-3H3. The minimum Gasteiger partial charge on any atom is -0.363 e. The first kappa shape index (κ1) is 13.8. The van der Waals surface area contributed by atoms with Crippen molar-refractivity contribution in [2.24, 2.45) is 0 Å². The Labute approximate surface area is 114 Å². The molecule has 0 aromatic carbocycles. The fourth-order valence-electron chi connectivity index (χ4n) is 2.38. The highest BCUT2D eigenvalue weighted by molar-refractivity contribution is 5.95. The Morgan fingerprint density at radius 1 is 1.53 bits per heavy atom. The van der Waals surface area contributed by atoms with E-state index in [1.165, 1.54) is 0 Å². The Hall–Kier alpha value is -1.62. The van der Waals surface area contributed by atoms with E-state index >= 15 is 0 Å². The number of rotatable bonds is 3.